The van der Waals surface area contributed by atoms with Crippen molar-refractivity contribution in [2.75, 3.05) is 32.7 Å². The number of amides is 1. The minimum absolute atomic E-state index is 0.173. The number of rotatable bonds is 4. The Morgan fingerprint density at radius 2 is 1.95 bits per heavy atom. The van der Waals surface area contributed by atoms with Gasteiger partial charge in [0, 0.05) is 35.3 Å². The Morgan fingerprint density at radius 3 is 2.55 bits per heavy atom. The maximum Gasteiger partial charge on any atom is 0.253 e. The largest absolute Gasteiger partial charge is 0.336 e. The van der Waals surface area contributed by atoms with Crippen LogP contribution in [0.2, 0.25) is 0 Å². The van der Waals surface area contributed by atoms with Crippen LogP contribution in [0.3, 0.4) is 0 Å². The number of piperazine rings is 1. The van der Waals surface area contributed by atoms with Crippen molar-refractivity contribution in [2.24, 2.45) is 5.92 Å². The monoisotopic (exact) mass is 386 g/mol. The number of hydrogen-bond donors (Lipinski definition) is 0. The quantitative estimate of drug-likeness (QED) is 0.743. The SMILES string of the molecule is CC(C)CCN1CCN(C(=O)c2cccc(I)c2)CC1. The lowest BCUT2D eigenvalue weighted by Gasteiger charge is -2.35. The van der Waals surface area contributed by atoms with Crippen LogP contribution in [0.1, 0.15) is 30.6 Å². The van der Waals surface area contributed by atoms with Gasteiger partial charge in [-0.15, -0.1) is 0 Å². The van der Waals surface area contributed by atoms with E-state index in [1.165, 1.54) is 6.42 Å². The van der Waals surface area contributed by atoms with Gasteiger partial charge >= 0.3 is 0 Å². The van der Waals surface area contributed by atoms with Gasteiger partial charge in [-0.2, -0.15) is 0 Å². The second-order valence-corrected chi connectivity index (χ2v) is 7.07. The zero-order valence-electron chi connectivity index (χ0n) is 12.3. The van der Waals surface area contributed by atoms with E-state index in [1.54, 1.807) is 0 Å². The van der Waals surface area contributed by atoms with E-state index in [-0.39, 0.29) is 5.91 Å². The molecular weight excluding hydrogens is 363 g/mol. The first-order valence-electron chi connectivity index (χ1n) is 7.33. The van der Waals surface area contributed by atoms with E-state index in [0.717, 1.165) is 47.8 Å². The summed E-state index contributed by atoms with van der Waals surface area (Å²) in [6.45, 7) is 9.38. The summed E-state index contributed by atoms with van der Waals surface area (Å²) in [6.07, 6.45) is 1.24. The summed E-state index contributed by atoms with van der Waals surface area (Å²) in [4.78, 5) is 16.9. The van der Waals surface area contributed by atoms with Crippen LogP contribution in [-0.2, 0) is 0 Å². The Balaban J connectivity index is 1.86. The van der Waals surface area contributed by atoms with Crippen LogP contribution in [0.25, 0.3) is 0 Å². The third kappa shape index (κ3) is 4.45. The van der Waals surface area contributed by atoms with Crippen LogP contribution in [0.15, 0.2) is 24.3 Å². The van der Waals surface area contributed by atoms with E-state index >= 15 is 0 Å². The molecule has 1 aromatic carbocycles. The molecule has 0 spiro atoms. The molecule has 0 radical (unpaired) electrons. The first-order chi connectivity index (χ1) is 9.56. The Hall–Kier alpha value is -0.620. The van der Waals surface area contributed by atoms with E-state index in [4.69, 9.17) is 0 Å². The predicted octanol–water partition coefficient (Wildman–Crippen LogP) is 3.10. The first-order valence-corrected chi connectivity index (χ1v) is 8.41. The fraction of sp³-hybridized carbons (Fsp3) is 0.562. The standard InChI is InChI=1S/C16H23IN2O/c1-13(2)6-7-18-8-10-19(11-9-18)16(20)14-4-3-5-15(17)12-14/h3-5,12-13H,6-11H2,1-2H3. The van der Waals surface area contributed by atoms with Crippen molar-refractivity contribution in [3.8, 4) is 0 Å². The van der Waals surface area contributed by atoms with Gasteiger partial charge in [0.25, 0.3) is 5.91 Å². The lowest BCUT2D eigenvalue weighted by molar-refractivity contribution is 0.0631. The van der Waals surface area contributed by atoms with Crippen molar-refractivity contribution in [1.29, 1.82) is 0 Å². The molecule has 1 saturated heterocycles. The van der Waals surface area contributed by atoms with Gasteiger partial charge in [0.05, 0.1) is 0 Å². The molecule has 1 fully saturated rings. The number of benzene rings is 1. The molecule has 1 heterocycles. The Labute approximate surface area is 135 Å². The van der Waals surface area contributed by atoms with Crippen LogP contribution in [0, 0.1) is 9.49 Å². The van der Waals surface area contributed by atoms with Crippen molar-refractivity contribution in [3.05, 3.63) is 33.4 Å². The van der Waals surface area contributed by atoms with Crippen molar-refractivity contribution < 1.29 is 4.79 Å². The zero-order chi connectivity index (χ0) is 14.5. The van der Waals surface area contributed by atoms with Gasteiger partial charge in [0.15, 0.2) is 0 Å². The van der Waals surface area contributed by atoms with Crippen LogP contribution >= 0.6 is 22.6 Å². The summed E-state index contributed by atoms with van der Waals surface area (Å²) < 4.78 is 1.11. The highest BCUT2D eigenvalue weighted by Crippen LogP contribution is 2.13. The second-order valence-electron chi connectivity index (χ2n) is 5.83. The molecular formula is C16H23IN2O. The molecule has 0 saturated carbocycles. The van der Waals surface area contributed by atoms with Gasteiger partial charge in [-0.3, -0.25) is 9.69 Å². The molecule has 0 bridgehead atoms. The van der Waals surface area contributed by atoms with Gasteiger partial charge in [-0.1, -0.05) is 19.9 Å². The Kier molecular flexibility index (Phi) is 5.84. The molecule has 20 heavy (non-hydrogen) atoms. The van der Waals surface area contributed by atoms with Crippen LogP contribution in [-0.4, -0.2) is 48.4 Å². The summed E-state index contributed by atoms with van der Waals surface area (Å²) in [7, 11) is 0. The molecule has 3 nitrogen and oxygen atoms in total. The fourth-order valence-corrected chi connectivity index (χ4v) is 2.96. The van der Waals surface area contributed by atoms with Crippen molar-refractivity contribution in [3.63, 3.8) is 0 Å². The minimum atomic E-state index is 0.173. The van der Waals surface area contributed by atoms with E-state index in [2.05, 4.69) is 41.3 Å². The number of halogens is 1. The average Bonchev–Trinajstić information content (AvgIpc) is 2.45. The van der Waals surface area contributed by atoms with E-state index in [9.17, 15) is 4.79 Å². The second kappa shape index (κ2) is 7.41. The predicted molar refractivity (Wildman–Crippen MR) is 91.0 cm³/mol. The maximum absolute atomic E-state index is 12.4. The van der Waals surface area contributed by atoms with Crippen molar-refractivity contribution in [1.82, 2.24) is 9.80 Å². The molecule has 0 N–H and O–H groups in total. The molecule has 1 aromatic rings. The molecule has 0 unspecified atom stereocenters. The minimum Gasteiger partial charge on any atom is -0.336 e. The molecule has 1 amide bonds. The summed E-state index contributed by atoms with van der Waals surface area (Å²) >= 11 is 2.25. The molecule has 2 rings (SSSR count). The molecule has 110 valence electrons. The molecule has 1 aliphatic rings. The van der Waals surface area contributed by atoms with Crippen LogP contribution in [0.5, 0.6) is 0 Å². The third-order valence-electron chi connectivity index (χ3n) is 3.75. The van der Waals surface area contributed by atoms with Crippen LogP contribution in [0.4, 0.5) is 0 Å². The summed E-state index contributed by atoms with van der Waals surface area (Å²) in [5, 5.41) is 0. The molecule has 0 aromatic heterocycles. The molecule has 1 aliphatic heterocycles. The zero-order valence-corrected chi connectivity index (χ0v) is 14.5. The Bertz CT molecular complexity index is 454. The molecule has 0 atom stereocenters. The highest BCUT2D eigenvalue weighted by Gasteiger charge is 2.21. The summed E-state index contributed by atoms with van der Waals surface area (Å²) in [6, 6.07) is 7.85. The smallest absolute Gasteiger partial charge is 0.253 e. The van der Waals surface area contributed by atoms with Crippen molar-refractivity contribution >= 4 is 28.5 Å². The summed E-state index contributed by atoms with van der Waals surface area (Å²) in [5.41, 5.74) is 0.813. The fourth-order valence-electron chi connectivity index (χ4n) is 2.42. The summed E-state index contributed by atoms with van der Waals surface area (Å²) in [5.74, 6) is 0.924. The van der Waals surface area contributed by atoms with E-state index in [1.807, 2.05) is 29.2 Å². The number of carbonyl (C=O) groups is 1. The lowest BCUT2D eigenvalue weighted by Crippen LogP contribution is -2.49. The first kappa shape index (κ1) is 15.8. The lowest BCUT2D eigenvalue weighted by atomic mass is 10.1. The van der Waals surface area contributed by atoms with Gasteiger partial charge < -0.3 is 4.90 Å². The average molecular weight is 386 g/mol. The van der Waals surface area contributed by atoms with Gasteiger partial charge in [0.2, 0.25) is 0 Å². The highest BCUT2D eigenvalue weighted by atomic mass is 127. The van der Waals surface area contributed by atoms with E-state index in [0.29, 0.717) is 0 Å². The third-order valence-corrected chi connectivity index (χ3v) is 4.42. The maximum atomic E-state index is 12.4. The van der Waals surface area contributed by atoms with E-state index < -0.39 is 0 Å². The number of hydrogen-bond acceptors (Lipinski definition) is 2. The van der Waals surface area contributed by atoms with Crippen molar-refractivity contribution in [2.45, 2.75) is 20.3 Å². The van der Waals surface area contributed by atoms with Gasteiger partial charge in [0.1, 0.15) is 0 Å². The molecule has 0 aliphatic carbocycles. The normalized spacial score (nSPS) is 16.7. The van der Waals surface area contributed by atoms with Crippen LogP contribution < -0.4 is 0 Å². The Morgan fingerprint density at radius 1 is 1.25 bits per heavy atom. The highest BCUT2D eigenvalue weighted by molar-refractivity contribution is 14.1. The topological polar surface area (TPSA) is 23.6 Å². The number of carbonyl (C=O) groups excluding carboxylic acids is 1. The molecule has 4 heteroatoms. The van der Waals surface area contributed by atoms with Gasteiger partial charge in [-0.05, 0) is 59.7 Å². The van der Waals surface area contributed by atoms with Gasteiger partial charge in [-0.25, -0.2) is 0 Å². The number of nitrogens with zero attached hydrogens (tertiary/aromatic N) is 2.